The van der Waals surface area contributed by atoms with Gasteiger partial charge in [0, 0.05) is 29.3 Å². The van der Waals surface area contributed by atoms with Crippen molar-refractivity contribution in [2.24, 2.45) is 0 Å². The van der Waals surface area contributed by atoms with E-state index in [0.29, 0.717) is 22.3 Å². The minimum absolute atomic E-state index is 0.0848. The van der Waals surface area contributed by atoms with E-state index in [1.165, 1.54) is 0 Å². The van der Waals surface area contributed by atoms with Gasteiger partial charge in [-0.25, -0.2) is 13.1 Å². The lowest BCUT2D eigenvalue weighted by atomic mass is 10.0. The Bertz CT molecular complexity index is 1310. The van der Waals surface area contributed by atoms with Gasteiger partial charge in [-0.2, -0.15) is 0 Å². The molecule has 1 aliphatic rings. The second kappa shape index (κ2) is 8.68. The summed E-state index contributed by atoms with van der Waals surface area (Å²) in [5.41, 5.74) is 4.60. The Labute approximate surface area is 187 Å². The predicted molar refractivity (Wildman–Crippen MR) is 124 cm³/mol. The van der Waals surface area contributed by atoms with E-state index in [1.807, 2.05) is 18.2 Å². The highest BCUT2D eigenvalue weighted by atomic mass is 32.2. The molecule has 7 heteroatoms. The van der Waals surface area contributed by atoms with Crippen molar-refractivity contribution in [2.45, 2.75) is 32.2 Å². The Morgan fingerprint density at radius 2 is 1.47 bits per heavy atom. The van der Waals surface area contributed by atoms with E-state index in [1.54, 1.807) is 62.4 Å². The average Bonchev–Trinajstić information content (AvgIpc) is 3.03. The Morgan fingerprint density at radius 1 is 0.844 bits per heavy atom. The van der Waals surface area contributed by atoms with Gasteiger partial charge in [0.25, 0.3) is 5.91 Å². The van der Waals surface area contributed by atoms with Crippen LogP contribution in [0.15, 0.2) is 66.7 Å². The Hall–Kier alpha value is -3.29. The van der Waals surface area contributed by atoms with Crippen molar-refractivity contribution in [1.82, 2.24) is 10.0 Å². The lowest BCUT2D eigenvalue weighted by molar-refractivity contribution is 0.0951. The smallest absolute Gasteiger partial charge is 0.251 e. The first-order valence-electron chi connectivity index (χ1n) is 10.4. The molecule has 0 heterocycles. The number of rotatable bonds is 7. The maximum absolute atomic E-state index is 12.8. The normalized spacial score (nSPS) is 12.5. The molecule has 2 N–H and O–H groups in total. The summed E-state index contributed by atoms with van der Waals surface area (Å²) in [6.45, 7) is 3.71. The molecule has 164 valence electrons. The van der Waals surface area contributed by atoms with Crippen LogP contribution >= 0.6 is 0 Å². The monoisotopic (exact) mass is 448 g/mol. The molecule has 0 aromatic heterocycles. The molecule has 0 spiro atoms. The van der Waals surface area contributed by atoms with Crippen molar-refractivity contribution in [3.05, 3.63) is 94.5 Å². The molecular weight excluding hydrogens is 424 g/mol. The Kier molecular flexibility index (Phi) is 5.95. The number of hydrogen-bond acceptors (Lipinski definition) is 4. The summed E-state index contributed by atoms with van der Waals surface area (Å²) in [7, 11) is -3.49. The summed E-state index contributed by atoms with van der Waals surface area (Å²) in [5, 5.41) is 2.84. The zero-order valence-corrected chi connectivity index (χ0v) is 18.7. The average molecular weight is 449 g/mol. The van der Waals surface area contributed by atoms with E-state index in [4.69, 9.17) is 0 Å². The molecule has 0 atom stereocenters. The Balaban J connectivity index is 1.50. The van der Waals surface area contributed by atoms with Gasteiger partial charge in [-0.1, -0.05) is 54.6 Å². The van der Waals surface area contributed by atoms with Gasteiger partial charge in [0.15, 0.2) is 5.78 Å². The predicted octanol–water partition coefficient (Wildman–Crippen LogP) is 3.66. The summed E-state index contributed by atoms with van der Waals surface area (Å²) >= 11 is 0. The van der Waals surface area contributed by atoms with E-state index < -0.39 is 10.0 Å². The molecule has 0 unspecified atom stereocenters. The van der Waals surface area contributed by atoms with Gasteiger partial charge in [-0.3, -0.25) is 9.59 Å². The van der Waals surface area contributed by atoms with Crippen molar-refractivity contribution in [1.29, 1.82) is 0 Å². The minimum Gasteiger partial charge on any atom is -0.348 e. The topological polar surface area (TPSA) is 92.3 Å². The largest absolute Gasteiger partial charge is 0.348 e. The second-order valence-electron chi connectivity index (χ2n) is 8.12. The SMILES string of the molecule is CC(C)NS(=O)(=O)Cc1ccccc1CNC(=O)c1ccc2c(c1)C(=O)c1ccccc1-2. The summed E-state index contributed by atoms with van der Waals surface area (Å²) in [6, 6.07) is 19.4. The molecule has 3 aromatic rings. The first kappa shape index (κ1) is 21.9. The summed E-state index contributed by atoms with van der Waals surface area (Å²) < 4.78 is 27.2. The van der Waals surface area contributed by atoms with E-state index in [0.717, 1.165) is 16.7 Å². The van der Waals surface area contributed by atoms with Crippen LogP contribution in [0.5, 0.6) is 0 Å². The second-order valence-corrected chi connectivity index (χ2v) is 9.87. The number of amides is 1. The highest BCUT2D eigenvalue weighted by molar-refractivity contribution is 7.88. The van der Waals surface area contributed by atoms with Crippen LogP contribution in [0, 0.1) is 0 Å². The molecule has 6 nitrogen and oxygen atoms in total. The van der Waals surface area contributed by atoms with E-state index in [9.17, 15) is 18.0 Å². The number of sulfonamides is 1. The molecule has 0 bridgehead atoms. The zero-order valence-electron chi connectivity index (χ0n) is 17.9. The standard InChI is InChI=1S/C25H24N2O4S/c1-16(2)27-32(30,31)15-19-8-4-3-7-18(19)14-26-25(29)17-11-12-21-20-9-5-6-10-22(20)24(28)23(21)13-17/h3-13,16,27H,14-15H2,1-2H3,(H,26,29). The molecular formula is C25H24N2O4S. The summed E-state index contributed by atoms with van der Waals surface area (Å²) in [6.07, 6.45) is 0. The molecule has 4 rings (SSSR count). The molecule has 0 saturated heterocycles. The van der Waals surface area contributed by atoms with Gasteiger partial charge in [0.1, 0.15) is 0 Å². The number of nitrogens with one attached hydrogen (secondary N) is 2. The summed E-state index contributed by atoms with van der Waals surface area (Å²) in [5.74, 6) is -0.573. The number of hydrogen-bond donors (Lipinski definition) is 2. The third kappa shape index (κ3) is 4.49. The fraction of sp³-hybridized carbons (Fsp3) is 0.200. The number of fused-ring (bicyclic) bond motifs is 3. The van der Waals surface area contributed by atoms with E-state index in [-0.39, 0.29) is 30.0 Å². The van der Waals surface area contributed by atoms with Gasteiger partial charge in [-0.05, 0) is 48.2 Å². The van der Waals surface area contributed by atoms with Crippen LogP contribution in [0.3, 0.4) is 0 Å². The van der Waals surface area contributed by atoms with Gasteiger partial charge in [0.05, 0.1) is 5.75 Å². The number of carbonyl (C=O) groups excluding carboxylic acids is 2. The molecule has 1 amide bonds. The summed E-state index contributed by atoms with van der Waals surface area (Å²) in [4.78, 5) is 25.5. The van der Waals surface area contributed by atoms with Gasteiger partial charge < -0.3 is 5.32 Å². The Morgan fingerprint density at radius 3 is 2.19 bits per heavy atom. The lowest BCUT2D eigenvalue weighted by Gasteiger charge is -2.13. The lowest BCUT2D eigenvalue weighted by Crippen LogP contribution is -2.32. The van der Waals surface area contributed by atoms with Crippen molar-refractivity contribution in [3.8, 4) is 11.1 Å². The van der Waals surface area contributed by atoms with Crippen LogP contribution in [-0.4, -0.2) is 26.2 Å². The number of ketones is 1. The number of carbonyl (C=O) groups is 2. The van der Waals surface area contributed by atoms with Gasteiger partial charge >= 0.3 is 0 Å². The molecule has 0 fully saturated rings. The van der Waals surface area contributed by atoms with Crippen LogP contribution in [0.2, 0.25) is 0 Å². The van der Waals surface area contributed by atoms with Crippen LogP contribution in [0.25, 0.3) is 11.1 Å². The first-order valence-corrected chi connectivity index (χ1v) is 12.0. The fourth-order valence-electron chi connectivity index (χ4n) is 3.92. The third-order valence-corrected chi connectivity index (χ3v) is 6.83. The van der Waals surface area contributed by atoms with Crippen LogP contribution in [0.4, 0.5) is 0 Å². The molecule has 0 radical (unpaired) electrons. The molecule has 0 aliphatic heterocycles. The molecule has 3 aromatic carbocycles. The van der Waals surface area contributed by atoms with Crippen molar-refractivity contribution >= 4 is 21.7 Å². The van der Waals surface area contributed by atoms with Crippen molar-refractivity contribution in [2.75, 3.05) is 0 Å². The minimum atomic E-state index is -3.49. The maximum atomic E-state index is 12.8. The van der Waals surface area contributed by atoms with Crippen molar-refractivity contribution in [3.63, 3.8) is 0 Å². The quantitative estimate of drug-likeness (QED) is 0.451. The van der Waals surface area contributed by atoms with Crippen molar-refractivity contribution < 1.29 is 18.0 Å². The number of benzene rings is 3. The van der Waals surface area contributed by atoms with Crippen LogP contribution < -0.4 is 10.0 Å². The third-order valence-electron chi connectivity index (χ3n) is 5.31. The zero-order chi connectivity index (χ0) is 22.9. The van der Waals surface area contributed by atoms with Crippen LogP contribution in [-0.2, 0) is 22.3 Å². The highest BCUT2D eigenvalue weighted by Crippen LogP contribution is 2.36. The molecule has 1 aliphatic carbocycles. The molecule has 32 heavy (non-hydrogen) atoms. The highest BCUT2D eigenvalue weighted by Gasteiger charge is 2.27. The van der Waals surface area contributed by atoms with E-state index in [2.05, 4.69) is 10.0 Å². The maximum Gasteiger partial charge on any atom is 0.251 e. The van der Waals surface area contributed by atoms with E-state index >= 15 is 0 Å². The van der Waals surface area contributed by atoms with Crippen LogP contribution in [0.1, 0.15) is 51.3 Å². The van der Waals surface area contributed by atoms with Gasteiger partial charge in [0.2, 0.25) is 10.0 Å². The first-order chi connectivity index (χ1) is 15.2. The fourth-order valence-corrected chi connectivity index (χ4v) is 5.42. The van der Waals surface area contributed by atoms with Gasteiger partial charge in [-0.15, -0.1) is 0 Å². The molecule has 0 saturated carbocycles.